The van der Waals surface area contributed by atoms with E-state index in [1.54, 1.807) is 12.4 Å². The van der Waals surface area contributed by atoms with Crippen molar-refractivity contribution in [2.24, 2.45) is 0 Å². The summed E-state index contributed by atoms with van der Waals surface area (Å²) >= 11 is 0. The molecule has 0 bridgehead atoms. The highest BCUT2D eigenvalue weighted by molar-refractivity contribution is 7.85. The van der Waals surface area contributed by atoms with E-state index in [4.69, 9.17) is 19.9 Å². The molecule has 0 N–H and O–H groups in total. The van der Waals surface area contributed by atoms with Gasteiger partial charge in [0.05, 0.1) is 22.1 Å². The second-order valence-electron chi connectivity index (χ2n) is 13.3. The monoisotopic (exact) mass is 682 g/mol. The molecule has 4 aromatic heterocycles. The van der Waals surface area contributed by atoms with Gasteiger partial charge in [0.15, 0.2) is 0 Å². The Morgan fingerprint density at radius 1 is 0.365 bits per heavy atom. The molecule has 0 fully saturated rings. The molecule has 0 atom stereocenters. The minimum Gasteiger partial charge on any atom is -0.305 e. The van der Waals surface area contributed by atoms with Crippen molar-refractivity contribution in [1.82, 2.24) is 19.9 Å². The van der Waals surface area contributed by atoms with Crippen LogP contribution in [-0.2, 0) is 4.57 Å². The van der Waals surface area contributed by atoms with E-state index in [9.17, 15) is 0 Å². The summed E-state index contributed by atoms with van der Waals surface area (Å²) in [6, 6.07) is 51.6. The summed E-state index contributed by atoms with van der Waals surface area (Å²) in [5, 5.41) is 13.3. The number of benzene rings is 7. The Morgan fingerprint density at radius 2 is 0.769 bits per heavy atom. The van der Waals surface area contributed by atoms with Crippen molar-refractivity contribution < 1.29 is 4.57 Å². The fourth-order valence-corrected chi connectivity index (χ4v) is 10.8. The van der Waals surface area contributed by atoms with Gasteiger partial charge in [-0.25, -0.2) is 9.97 Å². The van der Waals surface area contributed by atoms with Crippen molar-refractivity contribution in [3.05, 3.63) is 164 Å². The molecule has 11 aromatic rings. The van der Waals surface area contributed by atoms with E-state index in [2.05, 4.69) is 97.1 Å². The normalized spacial score (nSPS) is 12.3. The van der Waals surface area contributed by atoms with Gasteiger partial charge in [0.2, 0.25) is 7.14 Å². The Labute approximate surface area is 297 Å². The number of nitrogens with zero attached hydrogens (tertiary/aromatic N) is 4. The Hall–Kier alpha value is -6.55. The lowest BCUT2D eigenvalue weighted by Gasteiger charge is -2.23. The molecule has 0 aliphatic heterocycles. The number of aromatic nitrogens is 4. The van der Waals surface area contributed by atoms with Crippen LogP contribution in [0.5, 0.6) is 0 Å². The van der Waals surface area contributed by atoms with E-state index in [-0.39, 0.29) is 0 Å². The Bertz CT molecular complexity index is 3240. The van der Waals surface area contributed by atoms with E-state index in [0.717, 1.165) is 70.3 Å². The Morgan fingerprint density at radius 3 is 1.31 bits per heavy atom. The predicted octanol–water partition coefficient (Wildman–Crippen LogP) is 10.1. The molecule has 6 heteroatoms. The summed E-state index contributed by atoms with van der Waals surface area (Å²) in [4.78, 5) is 20.0. The minimum atomic E-state index is -3.81. The van der Waals surface area contributed by atoms with Gasteiger partial charge in [-0.05, 0) is 73.4 Å². The fraction of sp³-hybridized carbons (Fsp3) is 0. The van der Waals surface area contributed by atoms with Crippen LogP contribution in [-0.4, -0.2) is 19.9 Å². The largest absolute Gasteiger partial charge is 0.305 e. The molecule has 0 unspecified atom stereocenters. The number of fused-ring (bicyclic) bond motifs is 14. The maximum absolute atomic E-state index is 16.9. The smallest absolute Gasteiger partial charge is 0.206 e. The van der Waals surface area contributed by atoms with Crippen molar-refractivity contribution in [1.29, 1.82) is 0 Å². The molecule has 52 heavy (non-hydrogen) atoms. The van der Waals surface area contributed by atoms with Gasteiger partial charge >= 0.3 is 0 Å². The van der Waals surface area contributed by atoms with Gasteiger partial charge in [-0.2, -0.15) is 0 Å². The van der Waals surface area contributed by atoms with Crippen LogP contribution < -0.4 is 16.2 Å². The first-order chi connectivity index (χ1) is 25.7. The van der Waals surface area contributed by atoms with E-state index in [1.807, 2.05) is 54.6 Å². The quantitative estimate of drug-likeness (QED) is 0.137. The van der Waals surface area contributed by atoms with Crippen LogP contribution in [0.15, 0.2) is 164 Å². The van der Waals surface area contributed by atoms with Crippen molar-refractivity contribution >= 4 is 110 Å². The first kappa shape index (κ1) is 29.2. The highest BCUT2D eigenvalue weighted by Crippen LogP contribution is 2.48. The van der Waals surface area contributed by atoms with Gasteiger partial charge in [-0.3, -0.25) is 9.97 Å². The highest BCUT2D eigenvalue weighted by atomic mass is 31.2. The van der Waals surface area contributed by atoms with E-state index in [1.165, 1.54) is 5.39 Å². The Kier molecular flexibility index (Phi) is 6.16. The van der Waals surface area contributed by atoms with Gasteiger partial charge < -0.3 is 4.57 Å². The van der Waals surface area contributed by atoms with Gasteiger partial charge in [0, 0.05) is 39.2 Å². The van der Waals surface area contributed by atoms with Gasteiger partial charge in [0.25, 0.3) is 0 Å². The fourth-order valence-electron chi connectivity index (χ4n) is 8.15. The second kappa shape index (κ2) is 11.0. The van der Waals surface area contributed by atoms with E-state index in [0.29, 0.717) is 27.2 Å². The van der Waals surface area contributed by atoms with Gasteiger partial charge in [0.1, 0.15) is 10.9 Å². The second-order valence-corrected chi connectivity index (χ2v) is 15.9. The van der Waals surface area contributed by atoms with Crippen LogP contribution in [0.2, 0.25) is 0 Å². The number of hydrogen-bond acceptors (Lipinski definition) is 5. The summed E-state index contributed by atoms with van der Waals surface area (Å²) < 4.78 is 16.9. The van der Waals surface area contributed by atoms with Crippen LogP contribution >= 0.6 is 7.14 Å². The molecule has 11 rings (SSSR count). The molecule has 0 saturated heterocycles. The SMILES string of the molecule is O=P(c1ccc2ccc3cccnc3c2n1)(c1ccc2ccc3cccnc3c2n1)c1cc2c3ccccc3c3ccccc3c2c2ccccc12. The van der Waals surface area contributed by atoms with Crippen LogP contribution in [0.4, 0.5) is 0 Å². The zero-order valence-corrected chi connectivity index (χ0v) is 28.6. The van der Waals surface area contributed by atoms with Crippen molar-refractivity contribution in [3.8, 4) is 0 Å². The molecule has 0 radical (unpaired) electrons. The first-order valence-corrected chi connectivity index (χ1v) is 19.0. The number of pyridine rings is 4. The minimum absolute atomic E-state index is 0.466. The van der Waals surface area contributed by atoms with Crippen molar-refractivity contribution in [2.45, 2.75) is 0 Å². The molecular formula is C46H27N4OP. The summed E-state index contributed by atoms with van der Waals surface area (Å²) in [5.74, 6) is 0. The lowest BCUT2D eigenvalue weighted by molar-refractivity contribution is 0.591. The first-order valence-electron chi connectivity index (χ1n) is 17.3. The Balaban J connectivity index is 1.33. The zero-order valence-electron chi connectivity index (χ0n) is 27.7. The maximum Gasteiger partial charge on any atom is 0.206 e. The van der Waals surface area contributed by atoms with Gasteiger partial charge in [-0.15, -0.1) is 0 Å². The third kappa shape index (κ3) is 4.08. The molecular weight excluding hydrogens is 656 g/mol. The predicted molar refractivity (Wildman–Crippen MR) is 217 cm³/mol. The standard InChI is InChI=1S/C46H27N4OP/c51-52(40-23-21-30-19-17-28-9-7-25-47-43(28)45(30)49-40,41-24-22-31-20-18-29-10-8-26-48-44(29)46(31)50-41)39-27-38-34-13-2-1-11-32(34)33-12-3-5-15-36(33)42(38)37-16-6-4-14-35(37)39/h1-27H. The zero-order chi connectivity index (χ0) is 34.4. The molecule has 0 amide bonds. The molecule has 0 aliphatic carbocycles. The van der Waals surface area contributed by atoms with E-state index < -0.39 is 7.14 Å². The van der Waals surface area contributed by atoms with Crippen LogP contribution in [0.3, 0.4) is 0 Å². The maximum atomic E-state index is 16.9. The van der Waals surface area contributed by atoms with Gasteiger partial charge in [-0.1, -0.05) is 121 Å². The molecule has 0 saturated carbocycles. The molecule has 0 aliphatic rings. The van der Waals surface area contributed by atoms with Crippen molar-refractivity contribution in [2.75, 3.05) is 0 Å². The lowest BCUT2D eigenvalue weighted by atomic mass is 9.91. The van der Waals surface area contributed by atoms with Crippen LogP contribution in [0.1, 0.15) is 0 Å². The molecule has 7 aromatic carbocycles. The van der Waals surface area contributed by atoms with Crippen LogP contribution in [0, 0.1) is 0 Å². The molecule has 0 spiro atoms. The summed E-state index contributed by atoms with van der Waals surface area (Å²) in [5.41, 5.74) is 3.91. The topological polar surface area (TPSA) is 68.6 Å². The average Bonchev–Trinajstić information content (AvgIpc) is 3.22. The average molecular weight is 683 g/mol. The third-order valence-electron chi connectivity index (χ3n) is 10.5. The highest BCUT2D eigenvalue weighted by Gasteiger charge is 2.36. The summed E-state index contributed by atoms with van der Waals surface area (Å²) in [6.45, 7) is 0. The number of rotatable bonds is 3. The summed E-state index contributed by atoms with van der Waals surface area (Å²) in [7, 11) is -3.81. The van der Waals surface area contributed by atoms with Crippen molar-refractivity contribution in [3.63, 3.8) is 0 Å². The molecule has 5 nitrogen and oxygen atoms in total. The van der Waals surface area contributed by atoms with E-state index >= 15 is 4.57 Å². The summed E-state index contributed by atoms with van der Waals surface area (Å²) in [6.07, 6.45) is 3.57. The molecule has 242 valence electrons. The lowest BCUT2D eigenvalue weighted by Crippen LogP contribution is -2.29. The number of hydrogen-bond donors (Lipinski definition) is 0. The third-order valence-corrected chi connectivity index (χ3v) is 13.4. The molecule has 4 heterocycles. The van der Waals surface area contributed by atoms with Crippen LogP contribution in [0.25, 0.3) is 86.7 Å².